The molecule has 1 unspecified atom stereocenters. The summed E-state index contributed by atoms with van der Waals surface area (Å²) in [7, 11) is 3.57. The molecule has 5 aliphatic carbocycles. The van der Waals surface area contributed by atoms with Gasteiger partial charge in [-0.25, -0.2) is 0 Å². The van der Waals surface area contributed by atoms with Crippen molar-refractivity contribution in [3.8, 4) is 0 Å². The van der Waals surface area contributed by atoms with E-state index in [2.05, 4.69) is 20.8 Å². The number of fused-ring (bicyclic) bond motifs is 4. The van der Waals surface area contributed by atoms with Gasteiger partial charge in [0.25, 0.3) is 0 Å². The van der Waals surface area contributed by atoms with Crippen LogP contribution < -0.4 is 0 Å². The van der Waals surface area contributed by atoms with Crippen LogP contribution in [0.5, 0.6) is 0 Å². The van der Waals surface area contributed by atoms with Crippen molar-refractivity contribution in [3.05, 3.63) is 0 Å². The van der Waals surface area contributed by atoms with Crippen molar-refractivity contribution in [1.82, 2.24) is 0 Å². The van der Waals surface area contributed by atoms with Crippen LogP contribution in [0.4, 0.5) is 0 Å². The summed E-state index contributed by atoms with van der Waals surface area (Å²) < 4.78 is 17.3. The van der Waals surface area contributed by atoms with E-state index in [9.17, 15) is 10.2 Å². The molecule has 1 spiro atoms. The molecule has 5 fully saturated rings. The molecule has 0 amide bonds. The van der Waals surface area contributed by atoms with Crippen LogP contribution in [-0.4, -0.2) is 56.1 Å². The third-order valence-corrected chi connectivity index (χ3v) is 12.6. The molecule has 13 atom stereocenters. The Bertz CT molecular complexity index is 744. The molecule has 34 heavy (non-hydrogen) atoms. The molecule has 2 N–H and O–H groups in total. The van der Waals surface area contributed by atoms with Gasteiger partial charge in [0.15, 0.2) is 0 Å². The predicted octanol–water partition coefficient (Wildman–Crippen LogP) is 4.88. The summed E-state index contributed by atoms with van der Waals surface area (Å²) in [6.07, 6.45) is 10.0. The molecule has 5 heteroatoms. The van der Waals surface area contributed by atoms with Crippen molar-refractivity contribution < 1.29 is 24.4 Å². The minimum absolute atomic E-state index is 0.00616. The molecule has 0 aliphatic heterocycles. The first-order chi connectivity index (χ1) is 16.2. The van der Waals surface area contributed by atoms with Gasteiger partial charge in [-0.1, -0.05) is 27.7 Å². The molecule has 0 radical (unpaired) electrons. The van der Waals surface area contributed by atoms with Crippen LogP contribution >= 0.6 is 0 Å². The molecule has 0 heterocycles. The van der Waals surface area contributed by atoms with Crippen LogP contribution in [-0.2, 0) is 14.2 Å². The minimum Gasteiger partial charge on any atom is -0.396 e. The standard InChI is InChI=1S/C29H50O5/c1-17(15-30)26(34-16-32-5)25(31)18(2)21-7-8-22-20-13-24(33-6)29-14-19(29)9-12-28(29,4)23(20)10-11-27(21,22)3/h17-26,30-31H,7-16H2,1-6H3/t17-,18+,19+,20+,21-,22+,23+,24-,25-,26-,27-,28-,29?/m1/s1. The quantitative estimate of drug-likeness (QED) is 0.462. The smallest absolute Gasteiger partial charge is 0.146 e. The van der Waals surface area contributed by atoms with Crippen molar-refractivity contribution in [2.75, 3.05) is 27.6 Å². The Morgan fingerprint density at radius 3 is 2.41 bits per heavy atom. The highest BCUT2D eigenvalue weighted by Crippen LogP contribution is 2.82. The predicted molar refractivity (Wildman–Crippen MR) is 132 cm³/mol. The van der Waals surface area contributed by atoms with Gasteiger partial charge in [0, 0.05) is 32.2 Å². The second-order valence-electron chi connectivity index (χ2n) is 13.5. The normalized spacial score (nSPS) is 50.5. The second kappa shape index (κ2) is 8.97. The molecule has 196 valence electrons. The average molecular weight is 479 g/mol. The highest BCUT2D eigenvalue weighted by atomic mass is 16.7. The Kier molecular flexibility index (Phi) is 6.72. The van der Waals surface area contributed by atoms with Crippen LogP contribution in [0.15, 0.2) is 0 Å². The first-order valence-corrected chi connectivity index (χ1v) is 14.1. The number of hydrogen-bond acceptors (Lipinski definition) is 5. The molecule has 0 aromatic carbocycles. The maximum Gasteiger partial charge on any atom is 0.146 e. The first kappa shape index (κ1) is 25.4. The van der Waals surface area contributed by atoms with E-state index in [1.54, 1.807) is 7.11 Å². The summed E-state index contributed by atoms with van der Waals surface area (Å²) in [6.45, 7) is 9.51. The van der Waals surface area contributed by atoms with Gasteiger partial charge >= 0.3 is 0 Å². The second-order valence-corrected chi connectivity index (χ2v) is 13.5. The molecule has 5 rings (SSSR count). The van der Waals surface area contributed by atoms with Gasteiger partial charge in [-0.15, -0.1) is 0 Å². The lowest BCUT2D eigenvalue weighted by Crippen LogP contribution is -2.57. The first-order valence-electron chi connectivity index (χ1n) is 14.1. The summed E-state index contributed by atoms with van der Waals surface area (Å²) >= 11 is 0. The number of methoxy groups -OCH3 is 2. The van der Waals surface area contributed by atoms with E-state index in [1.165, 1.54) is 51.4 Å². The van der Waals surface area contributed by atoms with Gasteiger partial charge in [0.05, 0.1) is 18.3 Å². The van der Waals surface area contributed by atoms with E-state index in [4.69, 9.17) is 14.2 Å². The third kappa shape index (κ3) is 3.36. The number of aliphatic hydroxyl groups excluding tert-OH is 2. The Morgan fingerprint density at radius 1 is 1.00 bits per heavy atom. The SMILES string of the molecule is COCO[C@@H]([C@H](O)[C@@H](C)[C@H]1CC[C@H]2[C@@H]3C[C@@H](OC)C45C[C@@H]4CC[C@]5(C)[C@H]3CC[C@]12C)[C@H](C)CO. The molecule has 0 bridgehead atoms. The van der Waals surface area contributed by atoms with E-state index < -0.39 is 12.2 Å². The Balaban J connectivity index is 1.37. The number of rotatable bonds is 9. The molecule has 0 aromatic heterocycles. The highest BCUT2D eigenvalue weighted by Gasteiger charge is 2.77. The topological polar surface area (TPSA) is 68.2 Å². The summed E-state index contributed by atoms with van der Waals surface area (Å²) in [6, 6.07) is 0. The molecular weight excluding hydrogens is 428 g/mol. The molecule has 0 saturated heterocycles. The van der Waals surface area contributed by atoms with Gasteiger partial charge in [0.2, 0.25) is 0 Å². The van der Waals surface area contributed by atoms with Crippen molar-refractivity contribution in [1.29, 1.82) is 0 Å². The van der Waals surface area contributed by atoms with Crippen molar-refractivity contribution in [2.24, 2.45) is 57.7 Å². The van der Waals surface area contributed by atoms with Gasteiger partial charge in [-0.2, -0.15) is 0 Å². The lowest BCUT2D eigenvalue weighted by molar-refractivity contribution is -0.172. The van der Waals surface area contributed by atoms with E-state index in [-0.39, 0.29) is 30.7 Å². The Hall–Kier alpha value is -0.200. The van der Waals surface area contributed by atoms with Gasteiger partial charge in [-0.05, 0) is 97.7 Å². The van der Waals surface area contributed by atoms with Crippen LogP contribution in [0.2, 0.25) is 0 Å². The lowest BCUT2D eigenvalue weighted by atomic mass is 9.45. The van der Waals surface area contributed by atoms with Gasteiger partial charge in [-0.3, -0.25) is 0 Å². The summed E-state index contributed by atoms with van der Waals surface area (Å²) in [5, 5.41) is 21.3. The zero-order valence-corrected chi connectivity index (χ0v) is 22.5. The lowest BCUT2D eigenvalue weighted by Gasteiger charge is -2.61. The fourth-order valence-corrected chi connectivity index (χ4v) is 10.9. The highest BCUT2D eigenvalue weighted by molar-refractivity contribution is 5.26. The number of ether oxygens (including phenoxy) is 3. The van der Waals surface area contributed by atoms with Gasteiger partial charge in [0.1, 0.15) is 6.79 Å². The average Bonchev–Trinajstić information content (AvgIpc) is 3.34. The van der Waals surface area contributed by atoms with Crippen molar-refractivity contribution >= 4 is 0 Å². The maximum absolute atomic E-state index is 11.5. The zero-order valence-electron chi connectivity index (χ0n) is 22.5. The Labute approximate surface area is 207 Å². The third-order valence-electron chi connectivity index (χ3n) is 12.6. The van der Waals surface area contributed by atoms with Crippen LogP contribution in [0, 0.1) is 57.7 Å². The minimum atomic E-state index is -0.600. The van der Waals surface area contributed by atoms with E-state index in [0.717, 1.165) is 23.7 Å². The molecular formula is C29H50O5. The van der Waals surface area contributed by atoms with E-state index in [1.807, 2.05) is 14.0 Å². The van der Waals surface area contributed by atoms with E-state index >= 15 is 0 Å². The van der Waals surface area contributed by atoms with Crippen molar-refractivity contribution in [2.45, 2.75) is 97.4 Å². The fraction of sp³-hybridized carbons (Fsp3) is 1.00. The molecule has 5 saturated carbocycles. The van der Waals surface area contributed by atoms with Crippen LogP contribution in [0.25, 0.3) is 0 Å². The molecule has 5 nitrogen and oxygen atoms in total. The van der Waals surface area contributed by atoms with E-state index in [0.29, 0.717) is 22.9 Å². The summed E-state index contributed by atoms with van der Waals surface area (Å²) in [5.41, 5.74) is 1.20. The fourth-order valence-electron chi connectivity index (χ4n) is 10.9. The summed E-state index contributed by atoms with van der Waals surface area (Å²) in [4.78, 5) is 0. The monoisotopic (exact) mass is 478 g/mol. The number of hydrogen-bond donors (Lipinski definition) is 2. The Morgan fingerprint density at radius 2 is 1.76 bits per heavy atom. The zero-order chi connectivity index (χ0) is 24.5. The largest absolute Gasteiger partial charge is 0.396 e. The molecule has 5 aliphatic rings. The van der Waals surface area contributed by atoms with Crippen molar-refractivity contribution in [3.63, 3.8) is 0 Å². The number of aliphatic hydroxyl groups is 2. The summed E-state index contributed by atoms with van der Waals surface area (Å²) in [5.74, 6) is 3.73. The van der Waals surface area contributed by atoms with Crippen LogP contribution in [0.1, 0.15) is 79.1 Å². The maximum atomic E-state index is 11.5. The van der Waals surface area contributed by atoms with Crippen LogP contribution in [0.3, 0.4) is 0 Å². The van der Waals surface area contributed by atoms with Gasteiger partial charge < -0.3 is 24.4 Å². The molecule has 0 aromatic rings.